The van der Waals surface area contributed by atoms with Crippen LogP contribution in [0.3, 0.4) is 0 Å². The Morgan fingerprint density at radius 3 is 2.30 bits per heavy atom. The molecule has 0 saturated carbocycles. The van der Waals surface area contributed by atoms with Crippen molar-refractivity contribution < 1.29 is 9.59 Å². The van der Waals surface area contributed by atoms with Crippen molar-refractivity contribution in [3.63, 3.8) is 0 Å². The summed E-state index contributed by atoms with van der Waals surface area (Å²) in [6, 6.07) is 12.6. The number of benzene rings is 2. The number of piperazine rings is 1. The highest BCUT2D eigenvalue weighted by Crippen LogP contribution is 2.26. The van der Waals surface area contributed by atoms with Gasteiger partial charge in [-0.05, 0) is 36.4 Å². The summed E-state index contributed by atoms with van der Waals surface area (Å²) in [4.78, 5) is 28.3. The summed E-state index contributed by atoms with van der Waals surface area (Å²) in [5, 5.41) is 3.42. The fourth-order valence-electron chi connectivity index (χ4n) is 3.07. The van der Waals surface area contributed by atoms with E-state index in [0.717, 1.165) is 31.9 Å². The van der Waals surface area contributed by atoms with Crippen molar-refractivity contribution >= 4 is 46.4 Å². The number of hydrogen-bond acceptors (Lipinski definition) is 3. The standard InChI is InChI=1S/C20H21Cl2N3O2/c1-2-18(26)25-12-10-24(11-13-25)15-8-6-14(7-9-15)23-20(27)16-4-3-5-17(21)19(16)22/h3-9H,2,10-13H2,1H3,(H,23,27). The van der Waals surface area contributed by atoms with E-state index in [1.807, 2.05) is 36.1 Å². The van der Waals surface area contributed by atoms with Crippen molar-refractivity contribution in [2.24, 2.45) is 0 Å². The normalized spacial score (nSPS) is 14.2. The highest BCUT2D eigenvalue weighted by molar-refractivity contribution is 6.44. The number of halogens is 2. The molecule has 0 aromatic heterocycles. The average Bonchev–Trinajstić information content (AvgIpc) is 2.70. The lowest BCUT2D eigenvalue weighted by Gasteiger charge is -2.36. The molecule has 1 aliphatic heterocycles. The van der Waals surface area contributed by atoms with Crippen LogP contribution >= 0.6 is 23.2 Å². The molecule has 1 saturated heterocycles. The fourth-order valence-corrected chi connectivity index (χ4v) is 3.46. The Morgan fingerprint density at radius 2 is 1.67 bits per heavy atom. The Hall–Kier alpha value is -2.24. The van der Waals surface area contributed by atoms with Gasteiger partial charge in [0.25, 0.3) is 5.91 Å². The van der Waals surface area contributed by atoms with E-state index in [1.54, 1.807) is 18.2 Å². The van der Waals surface area contributed by atoms with E-state index < -0.39 is 0 Å². The van der Waals surface area contributed by atoms with Crippen LogP contribution in [0.4, 0.5) is 11.4 Å². The highest BCUT2D eigenvalue weighted by Gasteiger charge is 2.20. The van der Waals surface area contributed by atoms with Gasteiger partial charge in [-0.1, -0.05) is 36.2 Å². The molecule has 1 fully saturated rings. The van der Waals surface area contributed by atoms with Gasteiger partial charge in [0.05, 0.1) is 15.6 Å². The molecule has 0 radical (unpaired) electrons. The Kier molecular flexibility index (Phi) is 6.24. The lowest BCUT2D eigenvalue weighted by Crippen LogP contribution is -2.48. The van der Waals surface area contributed by atoms with Crippen LogP contribution in [0.2, 0.25) is 10.0 Å². The van der Waals surface area contributed by atoms with E-state index in [9.17, 15) is 9.59 Å². The van der Waals surface area contributed by atoms with Crippen LogP contribution in [0.5, 0.6) is 0 Å². The van der Waals surface area contributed by atoms with E-state index in [2.05, 4.69) is 10.2 Å². The third kappa shape index (κ3) is 4.54. The first-order valence-electron chi connectivity index (χ1n) is 8.87. The van der Waals surface area contributed by atoms with Crippen molar-refractivity contribution in [3.05, 3.63) is 58.1 Å². The predicted molar refractivity (Wildman–Crippen MR) is 110 cm³/mol. The number of nitrogens with zero attached hydrogens (tertiary/aromatic N) is 2. The molecule has 2 amide bonds. The maximum atomic E-state index is 12.4. The third-order valence-electron chi connectivity index (χ3n) is 4.62. The van der Waals surface area contributed by atoms with Gasteiger partial charge in [-0.25, -0.2) is 0 Å². The second kappa shape index (κ2) is 8.63. The smallest absolute Gasteiger partial charge is 0.257 e. The van der Waals surface area contributed by atoms with Crippen molar-refractivity contribution in [2.45, 2.75) is 13.3 Å². The highest BCUT2D eigenvalue weighted by atomic mass is 35.5. The first kappa shape index (κ1) is 19.5. The molecule has 1 heterocycles. The van der Waals surface area contributed by atoms with E-state index in [1.165, 1.54) is 0 Å². The number of hydrogen-bond donors (Lipinski definition) is 1. The minimum absolute atomic E-state index is 0.201. The number of nitrogens with one attached hydrogen (secondary N) is 1. The summed E-state index contributed by atoms with van der Waals surface area (Å²) in [5.41, 5.74) is 2.09. The van der Waals surface area contributed by atoms with Gasteiger partial charge in [-0.15, -0.1) is 0 Å². The van der Waals surface area contributed by atoms with Gasteiger partial charge in [0.15, 0.2) is 0 Å². The molecule has 2 aromatic rings. The van der Waals surface area contributed by atoms with Crippen molar-refractivity contribution in [2.75, 3.05) is 36.4 Å². The van der Waals surface area contributed by atoms with Gasteiger partial charge in [0.2, 0.25) is 5.91 Å². The topological polar surface area (TPSA) is 52.7 Å². The summed E-state index contributed by atoms with van der Waals surface area (Å²) in [6.45, 7) is 4.96. The SMILES string of the molecule is CCC(=O)N1CCN(c2ccc(NC(=O)c3cccc(Cl)c3Cl)cc2)CC1. The van der Waals surface area contributed by atoms with Crippen LogP contribution in [0, 0.1) is 0 Å². The Balaban J connectivity index is 1.62. The van der Waals surface area contributed by atoms with Crippen LogP contribution in [-0.2, 0) is 4.79 Å². The number of anilines is 2. The second-order valence-electron chi connectivity index (χ2n) is 6.32. The number of carbonyl (C=O) groups excluding carboxylic acids is 2. The lowest BCUT2D eigenvalue weighted by atomic mass is 10.2. The maximum absolute atomic E-state index is 12.4. The van der Waals surface area contributed by atoms with Crippen molar-refractivity contribution in [1.29, 1.82) is 0 Å². The molecule has 3 rings (SSSR count). The minimum Gasteiger partial charge on any atom is -0.368 e. The Labute approximate surface area is 168 Å². The molecule has 0 atom stereocenters. The first-order chi connectivity index (χ1) is 13.0. The molecule has 0 bridgehead atoms. The zero-order valence-corrected chi connectivity index (χ0v) is 16.6. The molecule has 1 aliphatic rings. The Morgan fingerprint density at radius 1 is 1.00 bits per heavy atom. The second-order valence-corrected chi connectivity index (χ2v) is 7.11. The van der Waals surface area contributed by atoms with Gasteiger partial charge in [-0.3, -0.25) is 9.59 Å². The van der Waals surface area contributed by atoms with Gasteiger partial charge in [0.1, 0.15) is 0 Å². The molecule has 142 valence electrons. The quantitative estimate of drug-likeness (QED) is 0.824. The fraction of sp³-hybridized carbons (Fsp3) is 0.300. The molecule has 0 unspecified atom stereocenters. The molecule has 0 aliphatic carbocycles. The molecule has 2 aromatic carbocycles. The molecular weight excluding hydrogens is 385 g/mol. The van der Waals surface area contributed by atoms with E-state index in [0.29, 0.717) is 22.7 Å². The van der Waals surface area contributed by atoms with Gasteiger partial charge in [-0.2, -0.15) is 0 Å². The molecule has 5 nitrogen and oxygen atoms in total. The number of rotatable bonds is 4. The zero-order valence-electron chi connectivity index (χ0n) is 15.0. The van der Waals surface area contributed by atoms with Gasteiger partial charge < -0.3 is 15.1 Å². The summed E-state index contributed by atoms with van der Waals surface area (Å²) < 4.78 is 0. The van der Waals surface area contributed by atoms with E-state index >= 15 is 0 Å². The van der Waals surface area contributed by atoms with Crippen LogP contribution in [-0.4, -0.2) is 42.9 Å². The maximum Gasteiger partial charge on any atom is 0.257 e. The molecule has 27 heavy (non-hydrogen) atoms. The van der Waals surface area contributed by atoms with Gasteiger partial charge in [0, 0.05) is 44.0 Å². The lowest BCUT2D eigenvalue weighted by molar-refractivity contribution is -0.131. The Bertz CT molecular complexity index is 832. The monoisotopic (exact) mass is 405 g/mol. The first-order valence-corrected chi connectivity index (χ1v) is 9.63. The summed E-state index contributed by atoms with van der Waals surface area (Å²) >= 11 is 12.1. The van der Waals surface area contributed by atoms with E-state index in [4.69, 9.17) is 23.2 Å². The molecule has 7 heteroatoms. The minimum atomic E-state index is -0.304. The molecule has 1 N–H and O–H groups in total. The predicted octanol–water partition coefficient (Wildman–Crippen LogP) is 4.30. The zero-order chi connectivity index (χ0) is 19.4. The van der Waals surface area contributed by atoms with Crippen LogP contribution in [0.25, 0.3) is 0 Å². The summed E-state index contributed by atoms with van der Waals surface area (Å²) in [5.74, 6) is -0.102. The van der Waals surface area contributed by atoms with Gasteiger partial charge >= 0.3 is 0 Å². The van der Waals surface area contributed by atoms with Crippen molar-refractivity contribution in [3.8, 4) is 0 Å². The summed E-state index contributed by atoms with van der Waals surface area (Å²) in [7, 11) is 0. The van der Waals surface area contributed by atoms with Crippen LogP contribution in [0.15, 0.2) is 42.5 Å². The number of carbonyl (C=O) groups is 2. The van der Waals surface area contributed by atoms with E-state index in [-0.39, 0.29) is 16.8 Å². The summed E-state index contributed by atoms with van der Waals surface area (Å²) in [6.07, 6.45) is 0.547. The number of amides is 2. The third-order valence-corrected chi connectivity index (χ3v) is 5.44. The average molecular weight is 406 g/mol. The molecular formula is C20H21Cl2N3O2. The van der Waals surface area contributed by atoms with Crippen molar-refractivity contribution in [1.82, 2.24) is 4.90 Å². The largest absolute Gasteiger partial charge is 0.368 e. The van der Waals surface area contributed by atoms with Crippen LogP contribution < -0.4 is 10.2 Å². The molecule has 0 spiro atoms. The van der Waals surface area contributed by atoms with Crippen LogP contribution in [0.1, 0.15) is 23.7 Å².